The molecule has 0 aromatic rings. The van der Waals surface area contributed by atoms with Gasteiger partial charge in [0.25, 0.3) is 0 Å². The van der Waals surface area contributed by atoms with Crippen LogP contribution < -0.4 is 5.11 Å². The Balaban J connectivity index is 4.35. The number of ether oxygens (including phenoxy) is 4. The van der Waals surface area contributed by atoms with Crippen molar-refractivity contribution in [3.63, 3.8) is 0 Å². The zero-order valence-corrected chi connectivity index (χ0v) is 40.7. The second-order valence-corrected chi connectivity index (χ2v) is 17.4. The first kappa shape index (κ1) is 59.5. The van der Waals surface area contributed by atoms with Crippen LogP contribution in [0.4, 0.5) is 0 Å². The molecule has 0 saturated carbocycles. The first-order valence-electron chi connectivity index (χ1n) is 24.7. The number of aliphatic carboxylic acids is 1. The lowest BCUT2D eigenvalue weighted by atomic mass is 10.1. The quantitative estimate of drug-likeness (QED) is 0.0196. The highest BCUT2D eigenvalue weighted by molar-refractivity contribution is 5.70. The number of carbonyl (C=O) groups is 3. The van der Waals surface area contributed by atoms with E-state index in [1.54, 1.807) is 0 Å². The number of carboxylic acid groups (broad SMARTS) is 1. The largest absolute Gasteiger partial charge is 0.545 e. The van der Waals surface area contributed by atoms with Gasteiger partial charge in [0.1, 0.15) is 13.2 Å². The predicted octanol–water partition coefficient (Wildman–Crippen LogP) is 12.3. The summed E-state index contributed by atoms with van der Waals surface area (Å²) in [6.07, 6.45) is 54.7. The molecule has 63 heavy (non-hydrogen) atoms. The molecular formula is C54H91NO8. The smallest absolute Gasteiger partial charge is 0.306 e. The molecule has 0 aliphatic carbocycles. The van der Waals surface area contributed by atoms with Crippen molar-refractivity contribution in [2.45, 2.75) is 193 Å². The molecule has 0 spiro atoms. The fourth-order valence-corrected chi connectivity index (χ4v) is 6.30. The van der Waals surface area contributed by atoms with Crippen molar-refractivity contribution in [3.05, 3.63) is 85.1 Å². The number of hydrogen-bond acceptors (Lipinski definition) is 8. The van der Waals surface area contributed by atoms with Gasteiger partial charge in [0, 0.05) is 12.8 Å². The molecule has 0 aliphatic rings. The average Bonchev–Trinajstić information content (AvgIpc) is 3.24. The van der Waals surface area contributed by atoms with Crippen molar-refractivity contribution in [2.75, 3.05) is 47.5 Å². The van der Waals surface area contributed by atoms with Crippen LogP contribution in [0.1, 0.15) is 181 Å². The van der Waals surface area contributed by atoms with E-state index in [9.17, 15) is 19.5 Å². The van der Waals surface area contributed by atoms with Crippen molar-refractivity contribution < 1.29 is 42.9 Å². The Labute approximate surface area is 385 Å². The third kappa shape index (κ3) is 46.3. The van der Waals surface area contributed by atoms with Gasteiger partial charge in [0.2, 0.25) is 0 Å². The second kappa shape index (κ2) is 45.1. The minimum absolute atomic E-state index is 0.140. The first-order valence-corrected chi connectivity index (χ1v) is 24.7. The van der Waals surface area contributed by atoms with E-state index in [-0.39, 0.29) is 38.6 Å². The van der Waals surface area contributed by atoms with Crippen molar-refractivity contribution >= 4 is 17.9 Å². The van der Waals surface area contributed by atoms with Crippen LogP contribution in [-0.4, -0.2) is 82.3 Å². The third-order valence-corrected chi connectivity index (χ3v) is 10.1. The molecule has 0 aromatic carbocycles. The van der Waals surface area contributed by atoms with Crippen LogP contribution in [0, 0.1) is 0 Å². The van der Waals surface area contributed by atoms with Gasteiger partial charge < -0.3 is 33.3 Å². The Kier molecular flexibility index (Phi) is 42.5. The van der Waals surface area contributed by atoms with Crippen LogP contribution in [0.3, 0.4) is 0 Å². The number of hydrogen-bond donors (Lipinski definition) is 0. The van der Waals surface area contributed by atoms with Crippen LogP contribution in [0.5, 0.6) is 0 Å². The van der Waals surface area contributed by atoms with Gasteiger partial charge in [-0.05, 0) is 83.5 Å². The van der Waals surface area contributed by atoms with Gasteiger partial charge in [-0.2, -0.15) is 0 Å². The number of allylic oxidation sites excluding steroid dienone is 14. The number of carbonyl (C=O) groups excluding carboxylic acids is 3. The number of rotatable bonds is 44. The Morgan fingerprint density at radius 1 is 0.492 bits per heavy atom. The van der Waals surface area contributed by atoms with Crippen molar-refractivity contribution in [1.29, 1.82) is 0 Å². The lowest BCUT2D eigenvalue weighted by Gasteiger charge is -2.26. The van der Waals surface area contributed by atoms with Gasteiger partial charge in [0.05, 0.1) is 40.3 Å². The van der Waals surface area contributed by atoms with E-state index in [1.165, 1.54) is 38.5 Å². The maximum absolute atomic E-state index is 12.8. The summed E-state index contributed by atoms with van der Waals surface area (Å²) in [6, 6.07) is 0. The highest BCUT2D eigenvalue weighted by Crippen LogP contribution is 2.14. The van der Waals surface area contributed by atoms with Gasteiger partial charge in [-0.25, -0.2) is 0 Å². The van der Waals surface area contributed by atoms with Crippen molar-refractivity contribution in [1.82, 2.24) is 0 Å². The second-order valence-electron chi connectivity index (χ2n) is 17.4. The van der Waals surface area contributed by atoms with E-state index in [0.29, 0.717) is 17.4 Å². The highest BCUT2D eigenvalue weighted by atomic mass is 16.7. The van der Waals surface area contributed by atoms with E-state index >= 15 is 0 Å². The molecule has 9 heteroatoms. The summed E-state index contributed by atoms with van der Waals surface area (Å²) in [4.78, 5) is 37.1. The van der Waals surface area contributed by atoms with Gasteiger partial charge in [-0.15, -0.1) is 0 Å². The molecule has 0 N–H and O–H groups in total. The molecule has 0 bridgehead atoms. The number of likely N-dealkylation sites (N-methyl/N-ethyl adjacent to an activating group) is 1. The predicted molar refractivity (Wildman–Crippen MR) is 260 cm³/mol. The standard InChI is InChI=1S/C54H91NO8/c1-6-8-10-12-14-16-18-20-21-22-23-24-25-26-27-28-29-30-31-33-35-37-39-41-43-45-52(57)63-50(49-62-54(53(58)59)60-47-46-55(3,4)5)48-61-51(56)44-42-40-38-36-34-32-19-17-15-13-11-9-7-2/h8,10-11,13-14,16-17,19-21,23-24,26-27,50,54H,6-7,9,12,15,18,22,25,28-49H2,1-5H3/b10-8-,13-11-,16-14-,19-17-,21-20-,24-23-,27-26-. The Bertz CT molecular complexity index is 1300. The third-order valence-electron chi connectivity index (χ3n) is 10.1. The highest BCUT2D eigenvalue weighted by Gasteiger charge is 2.21. The molecule has 360 valence electrons. The lowest BCUT2D eigenvalue weighted by Crippen LogP contribution is -2.44. The number of unbranched alkanes of at least 4 members (excludes halogenated alkanes) is 15. The van der Waals surface area contributed by atoms with Crippen molar-refractivity contribution in [3.8, 4) is 0 Å². The minimum Gasteiger partial charge on any atom is -0.545 e. The number of esters is 2. The number of carboxylic acids is 1. The normalized spacial score (nSPS) is 13.6. The zero-order valence-electron chi connectivity index (χ0n) is 40.7. The van der Waals surface area contributed by atoms with Gasteiger partial charge in [0.15, 0.2) is 12.4 Å². The minimum atomic E-state index is -1.63. The maximum atomic E-state index is 12.8. The average molecular weight is 882 g/mol. The molecule has 0 rings (SSSR count). The fraction of sp³-hybridized carbons (Fsp3) is 0.685. The van der Waals surface area contributed by atoms with Crippen LogP contribution in [-0.2, 0) is 33.3 Å². The summed E-state index contributed by atoms with van der Waals surface area (Å²) in [7, 11) is 5.90. The molecule has 0 fully saturated rings. The van der Waals surface area contributed by atoms with Gasteiger partial charge in [-0.3, -0.25) is 9.59 Å². The summed E-state index contributed by atoms with van der Waals surface area (Å²) in [5.41, 5.74) is 0. The first-order chi connectivity index (χ1) is 30.6. The molecule has 2 unspecified atom stereocenters. The molecule has 0 aromatic heterocycles. The maximum Gasteiger partial charge on any atom is 0.306 e. The Morgan fingerprint density at radius 3 is 1.35 bits per heavy atom. The SMILES string of the molecule is CC/C=C\C/C=C\C/C=C\C/C=C\C/C=C\CCCCCCCCCCCC(=O)OC(COC(=O)CCCCCCC/C=C\C/C=C\CCC)COC(OCC[N+](C)(C)C)C(=O)[O-]. The molecule has 0 amide bonds. The van der Waals surface area contributed by atoms with E-state index < -0.39 is 24.3 Å². The molecule has 0 saturated heterocycles. The number of nitrogens with zero attached hydrogens (tertiary/aromatic N) is 1. The Hall–Kier alpha value is -3.53. The topological polar surface area (TPSA) is 111 Å². The lowest BCUT2D eigenvalue weighted by molar-refractivity contribution is -0.870. The Morgan fingerprint density at radius 2 is 0.905 bits per heavy atom. The number of quaternary nitrogens is 1. The molecule has 0 radical (unpaired) electrons. The molecule has 2 atom stereocenters. The monoisotopic (exact) mass is 882 g/mol. The van der Waals surface area contributed by atoms with Crippen LogP contribution in [0.2, 0.25) is 0 Å². The fourth-order valence-electron chi connectivity index (χ4n) is 6.30. The van der Waals surface area contributed by atoms with Crippen LogP contribution in [0.15, 0.2) is 85.1 Å². The van der Waals surface area contributed by atoms with E-state index in [0.717, 1.165) is 109 Å². The summed E-state index contributed by atoms with van der Waals surface area (Å²) in [5, 5.41) is 11.7. The van der Waals surface area contributed by atoms with Crippen LogP contribution in [0.25, 0.3) is 0 Å². The molecule has 9 nitrogen and oxygen atoms in total. The molecular weight excluding hydrogens is 791 g/mol. The zero-order chi connectivity index (χ0) is 46.3. The van der Waals surface area contributed by atoms with E-state index in [4.69, 9.17) is 18.9 Å². The summed E-state index contributed by atoms with van der Waals surface area (Å²) in [6.45, 7) is 4.52. The van der Waals surface area contributed by atoms with Gasteiger partial charge >= 0.3 is 11.9 Å². The summed E-state index contributed by atoms with van der Waals surface area (Å²) < 4.78 is 22.6. The van der Waals surface area contributed by atoms with E-state index in [2.05, 4.69) is 98.9 Å². The van der Waals surface area contributed by atoms with Gasteiger partial charge in [-0.1, -0.05) is 170 Å². The summed E-state index contributed by atoms with van der Waals surface area (Å²) >= 11 is 0. The molecule has 0 heterocycles. The summed E-state index contributed by atoms with van der Waals surface area (Å²) in [5.74, 6) is -2.32. The molecule has 0 aliphatic heterocycles. The van der Waals surface area contributed by atoms with Crippen LogP contribution >= 0.6 is 0 Å². The van der Waals surface area contributed by atoms with E-state index in [1.807, 2.05) is 21.1 Å². The van der Waals surface area contributed by atoms with Crippen molar-refractivity contribution in [2.24, 2.45) is 0 Å².